The van der Waals surface area contributed by atoms with Crippen LogP contribution in [0.4, 0.5) is 5.69 Å². The number of rotatable bonds is 7. The number of hydrogen-bond donors (Lipinski definition) is 1. The maximum absolute atomic E-state index is 13.1. The Morgan fingerprint density at radius 2 is 1.73 bits per heavy atom. The predicted molar refractivity (Wildman–Crippen MR) is 111 cm³/mol. The molecule has 0 saturated carbocycles. The number of hydrogen-bond acceptors (Lipinski definition) is 6. The third-order valence-electron chi connectivity index (χ3n) is 4.14. The number of carbonyl (C=O) groups excluding carboxylic acids is 1. The van der Waals surface area contributed by atoms with E-state index in [4.69, 9.17) is 0 Å². The number of nitrogens with zero attached hydrogens (tertiary/aromatic N) is 2. The van der Waals surface area contributed by atoms with Crippen molar-refractivity contribution in [1.82, 2.24) is 10.3 Å². The van der Waals surface area contributed by atoms with Crippen LogP contribution in [0.1, 0.15) is 11.1 Å². The highest BCUT2D eigenvalue weighted by molar-refractivity contribution is 7.96. The van der Waals surface area contributed by atoms with E-state index in [2.05, 4.69) is 10.3 Å². The summed E-state index contributed by atoms with van der Waals surface area (Å²) in [6.45, 7) is 0.0918. The molecule has 1 aromatic heterocycles. The smallest absolute Gasteiger partial charge is 0.269 e. The molecule has 3 rings (SSSR count). The largest absolute Gasteiger partial charge is 0.347 e. The van der Waals surface area contributed by atoms with Crippen LogP contribution in [0, 0.1) is 10.1 Å². The Labute approximate surface area is 173 Å². The first-order chi connectivity index (χ1) is 14.4. The molecule has 0 radical (unpaired) electrons. The van der Waals surface area contributed by atoms with Gasteiger partial charge in [0.2, 0.25) is 9.84 Å². The van der Waals surface area contributed by atoms with Gasteiger partial charge in [0, 0.05) is 31.1 Å². The van der Waals surface area contributed by atoms with Crippen LogP contribution in [0.25, 0.3) is 6.08 Å². The lowest BCUT2D eigenvalue weighted by Gasteiger charge is -2.11. The summed E-state index contributed by atoms with van der Waals surface area (Å²) in [5.41, 5.74) is 0.907. The molecule has 0 saturated heterocycles. The maximum Gasteiger partial charge on any atom is 0.269 e. The molecule has 1 heterocycles. The fraction of sp³-hybridized carbons (Fsp3) is 0.0476. The number of carbonyl (C=O) groups is 1. The molecular formula is C21H17N3O5S. The summed E-state index contributed by atoms with van der Waals surface area (Å²) in [5, 5.41) is 13.4. The van der Waals surface area contributed by atoms with Crippen molar-refractivity contribution in [2.45, 2.75) is 11.4 Å². The summed E-state index contributed by atoms with van der Waals surface area (Å²) in [7, 11) is -4.13. The zero-order valence-corrected chi connectivity index (χ0v) is 16.5. The molecule has 0 bridgehead atoms. The van der Waals surface area contributed by atoms with Gasteiger partial charge < -0.3 is 5.32 Å². The first-order valence-electron chi connectivity index (χ1n) is 8.81. The third-order valence-corrected chi connectivity index (χ3v) is 5.92. The fourth-order valence-electron chi connectivity index (χ4n) is 2.61. The van der Waals surface area contributed by atoms with E-state index in [1.807, 2.05) is 0 Å². The van der Waals surface area contributed by atoms with E-state index in [1.165, 1.54) is 42.5 Å². The van der Waals surface area contributed by atoms with Gasteiger partial charge in [0.1, 0.15) is 4.91 Å². The highest BCUT2D eigenvalue weighted by Gasteiger charge is 2.27. The van der Waals surface area contributed by atoms with Gasteiger partial charge in [-0.05, 0) is 47.5 Å². The van der Waals surface area contributed by atoms with Crippen molar-refractivity contribution in [2.24, 2.45) is 0 Å². The number of aromatic nitrogens is 1. The van der Waals surface area contributed by atoms with E-state index in [-0.39, 0.29) is 17.1 Å². The SMILES string of the molecule is O=C(NCc1cccnc1)/C(=C\c1ccc([N+](=O)[O-])cc1)S(=O)(=O)c1ccccc1. The van der Waals surface area contributed by atoms with Gasteiger partial charge in [-0.3, -0.25) is 19.9 Å². The second-order valence-corrected chi connectivity index (χ2v) is 8.14. The molecule has 8 nitrogen and oxygen atoms in total. The summed E-state index contributed by atoms with van der Waals surface area (Å²) in [6, 6.07) is 16.3. The van der Waals surface area contributed by atoms with Gasteiger partial charge in [-0.15, -0.1) is 0 Å². The number of amides is 1. The zero-order valence-electron chi connectivity index (χ0n) is 15.6. The van der Waals surface area contributed by atoms with Gasteiger partial charge in [-0.2, -0.15) is 0 Å². The van der Waals surface area contributed by atoms with E-state index in [1.54, 1.807) is 42.7 Å². The Morgan fingerprint density at radius 1 is 1.03 bits per heavy atom. The Kier molecular flexibility index (Phi) is 6.33. The van der Waals surface area contributed by atoms with Crippen LogP contribution in [0.15, 0.2) is 88.9 Å². The van der Waals surface area contributed by atoms with Crippen molar-refractivity contribution in [1.29, 1.82) is 0 Å². The minimum atomic E-state index is -4.13. The van der Waals surface area contributed by atoms with E-state index in [0.717, 1.165) is 0 Å². The number of non-ortho nitro benzene ring substituents is 1. The second-order valence-electron chi connectivity index (χ2n) is 6.22. The van der Waals surface area contributed by atoms with Gasteiger partial charge in [0.25, 0.3) is 11.6 Å². The molecule has 0 fully saturated rings. The molecule has 0 aliphatic carbocycles. The van der Waals surface area contributed by atoms with Crippen LogP contribution >= 0.6 is 0 Å². The van der Waals surface area contributed by atoms with Crippen LogP contribution in [0.2, 0.25) is 0 Å². The minimum Gasteiger partial charge on any atom is -0.347 e. The lowest BCUT2D eigenvalue weighted by atomic mass is 10.2. The number of nitro benzene ring substituents is 1. The van der Waals surface area contributed by atoms with Crippen molar-refractivity contribution < 1.29 is 18.1 Å². The van der Waals surface area contributed by atoms with Crippen LogP contribution in [-0.4, -0.2) is 24.2 Å². The van der Waals surface area contributed by atoms with Crippen LogP contribution < -0.4 is 5.32 Å². The molecule has 30 heavy (non-hydrogen) atoms. The van der Waals surface area contributed by atoms with Gasteiger partial charge in [0.05, 0.1) is 9.82 Å². The number of nitro groups is 1. The van der Waals surface area contributed by atoms with E-state index in [9.17, 15) is 23.3 Å². The first kappa shape index (κ1) is 20.9. The van der Waals surface area contributed by atoms with Crippen molar-refractivity contribution in [2.75, 3.05) is 0 Å². The maximum atomic E-state index is 13.1. The number of nitrogens with one attached hydrogen (secondary N) is 1. The number of sulfone groups is 1. The highest BCUT2D eigenvalue weighted by Crippen LogP contribution is 2.23. The molecule has 3 aromatic rings. The molecule has 0 aliphatic rings. The molecule has 0 unspecified atom stereocenters. The molecule has 0 atom stereocenters. The Morgan fingerprint density at radius 3 is 2.33 bits per heavy atom. The van der Waals surface area contributed by atoms with Gasteiger partial charge >= 0.3 is 0 Å². The second kappa shape index (κ2) is 9.10. The summed E-state index contributed by atoms with van der Waals surface area (Å²) in [6.07, 6.45) is 4.35. The van der Waals surface area contributed by atoms with E-state index >= 15 is 0 Å². The van der Waals surface area contributed by atoms with Crippen molar-refractivity contribution in [3.63, 3.8) is 0 Å². The Hall–Kier alpha value is -3.85. The lowest BCUT2D eigenvalue weighted by molar-refractivity contribution is -0.384. The molecule has 2 aromatic carbocycles. The summed E-state index contributed by atoms with van der Waals surface area (Å²) < 4.78 is 26.2. The average Bonchev–Trinajstić information content (AvgIpc) is 2.77. The minimum absolute atomic E-state index is 0.0327. The monoisotopic (exact) mass is 423 g/mol. The van der Waals surface area contributed by atoms with E-state index in [0.29, 0.717) is 11.1 Å². The van der Waals surface area contributed by atoms with Crippen molar-refractivity contribution in [3.05, 3.63) is 105 Å². The standard InChI is InChI=1S/C21H17N3O5S/c25-21(23-15-17-5-4-12-22-14-17)20(30(28,29)19-6-2-1-3-7-19)13-16-8-10-18(11-9-16)24(26)27/h1-14H,15H2,(H,23,25)/b20-13+. The van der Waals surface area contributed by atoms with Gasteiger partial charge in [0.15, 0.2) is 0 Å². The predicted octanol–water partition coefficient (Wildman–Crippen LogP) is 3.12. The topological polar surface area (TPSA) is 119 Å². The lowest BCUT2D eigenvalue weighted by Crippen LogP contribution is -2.28. The molecule has 0 aliphatic heterocycles. The quantitative estimate of drug-likeness (QED) is 0.354. The van der Waals surface area contributed by atoms with Crippen LogP contribution in [0.5, 0.6) is 0 Å². The summed E-state index contributed by atoms with van der Waals surface area (Å²) in [5.74, 6) is -0.791. The summed E-state index contributed by atoms with van der Waals surface area (Å²) >= 11 is 0. The fourth-order valence-corrected chi connectivity index (χ4v) is 3.98. The summed E-state index contributed by atoms with van der Waals surface area (Å²) in [4.78, 5) is 26.6. The third kappa shape index (κ3) is 4.95. The molecule has 152 valence electrons. The first-order valence-corrected chi connectivity index (χ1v) is 10.3. The number of pyridine rings is 1. The Balaban J connectivity index is 1.97. The number of benzene rings is 2. The Bertz CT molecular complexity index is 1180. The highest BCUT2D eigenvalue weighted by atomic mass is 32.2. The average molecular weight is 423 g/mol. The zero-order chi connectivity index (χ0) is 21.6. The van der Waals surface area contributed by atoms with Crippen LogP contribution in [-0.2, 0) is 21.2 Å². The van der Waals surface area contributed by atoms with Gasteiger partial charge in [-0.1, -0.05) is 24.3 Å². The van der Waals surface area contributed by atoms with Crippen molar-refractivity contribution in [3.8, 4) is 0 Å². The molecule has 0 spiro atoms. The molecular weight excluding hydrogens is 406 g/mol. The molecule has 1 amide bonds. The van der Waals surface area contributed by atoms with E-state index < -0.39 is 25.6 Å². The molecule has 1 N–H and O–H groups in total. The normalized spacial score (nSPS) is 11.7. The van der Waals surface area contributed by atoms with Gasteiger partial charge in [-0.25, -0.2) is 8.42 Å². The molecule has 9 heteroatoms. The van der Waals surface area contributed by atoms with Crippen LogP contribution in [0.3, 0.4) is 0 Å². The van der Waals surface area contributed by atoms with Crippen molar-refractivity contribution >= 4 is 27.5 Å².